The molecule has 78 valence electrons. The van der Waals surface area contributed by atoms with Crippen molar-refractivity contribution >= 4 is 5.69 Å². The van der Waals surface area contributed by atoms with Crippen molar-refractivity contribution in [3.8, 4) is 17.5 Å². The number of nitrogens with zero attached hydrogens (tertiary/aromatic N) is 3. The van der Waals surface area contributed by atoms with Crippen LogP contribution in [0.1, 0.15) is 5.56 Å². The summed E-state index contributed by atoms with van der Waals surface area (Å²) in [5.41, 5.74) is 0.491. The molecule has 2 aromatic rings. The topological polar surface area (TPSA) is 95.6 Å². The maximum atomic E-state index is 10.8. The Morgan fingerprint density at radius 1 is 1.50 bits per heavy atom. The van der Waals surface area contributed by atoms with Crippen molar-refractivity contribution in [1.82, 2.24) is 9.97 Å². The van der Waals surface area contributed by atoms with Crippen LogP contribution in [0.25, 0.3) is 11.4 Å². The fraction of sp³-hybridized carbons (Fsp3) is 0. The second-order valence-electron chi connectivity index (χ2n) is 3.04. The van der Waals surface area contributed by atoms with Crippen LogP contribution < -0.4 is 0 Å². The molecule has 0 atom stereocenters. The van der Waals surface area contributed by atoms with E-state index < -0.39 is 4.92 Å². The summed E-state index contributed by atoms with van der Waals surface area (Å²) in [6.07, 6.45) is 3.09. The lowest BCUT2D eigenvalue weighted by Crippen LogP contribution is -1.94. The SMILES string of the molecule is N#Cc1ccc(-c2ncc[nH]2)c([N+](=O)[O-])c1. The second-order valence-corrected chi connectivity index (χ2v) is 3.04. The smallest absolute Gasteiger partial charge is 0.281 e. The number of nitro benzene ring substituents is 1. The van der Waals surface area contributed by atoms with Crippen LogP contribution in [-0.2, 0) is 0 Å². The predicted octanol–water partition coefficient (Wildman–Crippen LogP) is 1.86. The maximum absolute atomic E-state index is 10.8. The van der Waals surface area contributed by atoms with Crippen LogP contribution in [-0.4, -0.2) is 14.9 Å². The van der Waals surface area contributed by atoms with Crippen molar-refractivity contribution in [2.45, 2.75) is 0 Å². The fourth-order valence-corrected chi connectivity index (χ4v) is 1.37. The van der Waals surface area contributed by atoms with Crippen molar-refractivity contribution in [3.05, 3.63) is 46.3 Å². The first-order valence-electron chi connectivity index (χ1n) is 4.40. The van der Waals surface area contributed by atoms with E-state index in [-0.39, 0.29) is 11.3 Å². The van der Waals surface area contributed by atoms with Crippen LogP contribution >= 0.6 is 0 Å². The normalized spacial score (nSPS) is 9.69. The van der Waals surface area contributed by atoms with Gasteiger partial charge in [0.15, 0.2) is 0 Å². The first-order chi connectivity index (χ1) is 7.72. The highest BCUT2D eigenvalue weighted by atomic mass is 16.6. The highest BCUT2D eigenvalue weighted by Crippen LogP contribution is 2.27. The van der Waals surface area contributed by atoms with Crippen LogP contribution in [0.5, 0.6) is 0 Å². The Labute approximate surface area is 90.3 Å². The van der Waals surface area contributed by atoms with Gasteiger partial charge in [0.2, 0.25) is 0 Å². The zero-order valence-electron chi connectivity index (χ0n) is 8.04. The molecule has 0 radical (unpaired) electrons. The molecule has 0 amide bonds. The van der Waals surface area contributed by atoms with E-state index in [1.807, 2.05) is 6.07 Å². The molecule has 16 heavy (non-hydrogen) atoms. The standard InChI is InChI=1S/C10H6N4O2/c11-6-7-1-2-8(9(5-7)14(15)16)10-12-3-4-13-10/h1-5H,(H,12,13). The molecule has 6 heteroatoms. The number of hydrogen-bond acceptors (Lipinski definition) is 4. The van der Waals surface area contributed by atoms with Crippen LogP contribution in [0.2, 0.25) is 0 Å². The van der Waals surface area contributed by atoms with Gasteiger partial charge in [-0.3, -0.25) is 10.1 Å². The molecule has 6 nitrogen and oxygen atoms in total. The van der Waals surface area contributed by atoms with E-state index in [1.165, 1.54) is 24.4 Å². The number of aromatic amines is 1. The molecule has 0 saturated carbocycles. The average Bonchev–Trinajstić information content (AvgIpc) is 2.81. The lowest BCUT2D eigenvalue weighted by molar-refractivity contribution is -0.384. The number of H-pyrrole nitrogens is 1. The first kappa shape index (κ1) is 9.86. The minimum atomic E-state index is -0.529. The van der Waals surface area contributed by atoms with Crippen molar-refractivity contribution in [1.29, 1.82) is 5.26 Å². The molecule has 0 saturated heterocycles. The number of nitrogens with one attached hydrogen (secondary N) is 1. The number of rotatable bonds is 2. The van der Waals surface area contributed by atoms with E-state index in [1.54, 1.807) is 6.20 Å². The monoisotopic (exact) mass is 214 g/mol. The van der Waals surface area contributed by atoms with E-state index in [4.69, 9.17) is 5.26 Å². The quantitative estimate of drug-likeness (QED) is 0.609. The summed E-state index contributed by atoms with van der Waals surface area (Å²) in [5, 5.41) is 19.5. The Bertz CT molecular complexity index is 569. The molecule has 0 spiro atoms. The van der Waals surface area contributed by atoms with Gasteiger partial charge in [0.1, 0.15) is 5.82 Å². The van der Waals surface area contributed by atoms with Crippen LogP contribution in [0.15, 0.2) is 30.6 Å². The van der Waals surface area contributed by atoms with E-state index >= 15 is 0 Å². The van der Waals surface area contributed by atoms with Crippen LogP contribution in [0.4, 0.5) is 5.69 Å². The van der Waals surface area contributed by atoms with Crippen molar-refractivity contribution in [2.24, 2.45) is 0 Å². The summed E-state index contributed by atoms with van der Waals surface area (Å²) in [4.78, 5) is 17.0. The zero-order valence-corrected chi connectivity index (χ0v) is 8.04. The Balaban J connectivity index is 2.63. The van der Waals surface area contributed by atoms with Gasteiger partial charge >= 0.3 is 0 Å². The van der Waals surface area contributed by atoms with Gasteiger partial charge in [-0.25, -0.2) is 4.98 Å². The molecule has 1 heterocycles. The summed E-state index contributed by atoms with van der Waals surface area (Å²) in [5.74, 6) is 0.413. The zero-order chi connectivity index (χ0) is 11.5. The first-order valence-corrected chi connectivity index (χ1v) is 4.40. The van der Waals surface area contributed by atoms with Gasteiger partial charge in [0, 0.05) is 18.5 Å². The molecule has 1 aromatic carbocycles. The number of imidazole rings is 1. The number of hydrogen-bond donors (Lipinski definition) is 1. The fourth-order valence-electron chi connectivity index (χ4n) is 1.37. The van der Waals surface area contributed by atoms with E-state index in [0.29, 0.717) is 11.4 Å². The molecule has 0 aliphatic rings. The molecule has 2 rings (SSSR count). The Hall–Kier alpha value is -2.68. The van der Waals surface area contributed by atoms with Gasteiger partial charge in [0.05, 0.1) is 22.1 Å². The molecular formula is C10H6N4O2. The molecule has 0 aliphatic carbocycles. The van der Waals surface area contributed by atoms with Gasteiger partial charge in [-0.15, -0.1) is 0 Å². The Morgan fingerprint density at radius 2 is 2.31 bits per heavy atom. The lowest BCUT2D eigenvalue weighted by Gasteiger charge is -1.99. The van der Waals surface area contributed by atoms with Gasteiger partial charge in [-0.05, 0) is 12.1 Å². The Kier molecular flexibility index (Phi) is 2.36. The van der Waals surface area contributed by atoms with Gasteiger partial charge in [-0.1, -0.05) is 0 Å². The van der Waals surface area contributed by atoms with Crippen molar-refractivity contribution in [2.75, 3.05) is 0 Å². The molecule has 0 bridgehead atoms. The van der Waals surface area contributed by atoms with Crippen molar-refractivity contribution < 1.29 is 4.92 Å². The highest BCUT2D eigenvalue weighted by molar-refractivity contribution is 5.69. The number of nitro groups is 1. The minimum Gasteiger partial charge on any atom is -0.344 e. The molecule has 0 unspecified atom stereocenters. The molecule has 1 aromatic heterocycles. The highest BCUT2D eigenvalue weighted by Gasteiger charge is 2.17. The van der Waals surface area contributed by atoms with Gasteiger partial charge in [0.25, 0.3) is 5.69 Å². The summed E-state index contributed by atoms with van der Waals surface area (Å²) in [6.45, 7) is 0. The maximum Gasteiger partial charge on any atom is 0.281 e. The lowest BCUT2D eigenvalue weighted by atomic mass is 10.1. The van der Waals surface area contributed by atoms with E-state index in [0.717, 1.165) is 0 Å². The largest absolute Gasteiger partial charge is 0.344 e. The third kappa shape index (κ3) is 1.62. The molecule has 0 aliphatic heterocycles. The Morgan fingerprint density at radius 3 is 2.88 bits per heavy atom. The summed E-state index contributed by atoms with van der Waals surface area (Å²) >= 11 is 0. The summed E-state index contributed by atoms with van der Waals surface area (Å²) in [6, 6.07) is 6.12. The number of aromatic nitrogens is 2. The number of benzene rings is 1. The van der Waals surface area contributed by atoms with E-state index in [9.17, 15) is 10.1 Å². The minimum absolute atomic E-state index is 0.131. The third-order valence-electron chi connectivity index (χ3n) is 2.08. The van der Waals surface area contributed by atoms with E-state index in [2.05, 4.69) is 9.97 Å². The van der Waals surface area contributed by atoms with Gasteiger partial charge < -0.3 is 4.98 Å². The molecule has 0 fully saturated rings. The summed E-state index contributed by atoms with van der Waals surface area (Å²) < 4.78 is 0. The third-order valence-corrected chi connectivity index (χ3v) is 2.08. The second kappa shape index (κ2) is 3.82. The number of nitriles is 1. The molecule has 1 N–H and O–H groups in total. The average molecular weight is 214 g/mol. The van der Waals surface area contributed by atoms with Crippen LogP contribution in [0.3, 0.4) is 0 Å². The van der Waals surface area contributed by atoms with Crippen LogP contribution in [0, 0.1) is 21.4 Å². The van der Waals surface area contributed by atoms with Crippen molar-refractivity contribution in [3.63, 3.8) is 0 Å². The predicted molar refractivity (Wildman–Crippen MR) is 55.4 cm³/mol. The summed E-state index contributed by atoms with van der Waals surface area (Å²) in [7, 11) is 0. The van der Waals surface area contributed by atoms with Gasteiger partial charge in [-0.2, -0.15) is 5.26 Å². The molecular weight excluding hydrogens is 208 g/mol.